The maximum atomic E-state index is 12.0. The van der Waals surface area contributed by atoms with Gasteiger partial charge in [-0.15, -0.1) is 10.2 Å². The number of benzene rings is 1. The van der Waals surface area contributed by atoms with Crippen molar-refractivity contribution in [2.75, 3.05) is 0 Å². The lowest BCUT2D eigenvalue weighted by Crippen LogP contribution is -2.22. The fourth-order valence-electron chi connectivity index (χ4n) is 1.72. The van der Waals surface area contributed by atoms with Crippen LogP contribution in [0.4, 0.5) is 0 Å². The van der Waals surface area contributed by atoms with Crippen LogP contribution in [0, 0.1) is 6.92 Å². The van der Waals surface area contributed by atoms with Crippen LogP contribution >= 0.6 is 34.5 Å². The first kappa shape index (κ1) is 14.2. The molecule has 0 aliphatic rings. The zero-order chi connectivity index (χ0) is 15.0. The van der Waals surface area contributed by atoms with Crippen LogP contribution in [0.3, 0.4) is 0 Å². The maximum Gasteiger partial charge on any atom is 0.251 e. The predicted molar refractivity (Wildman–Crippen MR) is 81.0 cm³/mol. The van der Waals surface area contributed by atoms with Gasteiger partial charge in [-0.2, -0.15) is 9.61 Å². The van der Waals surface area contributed by atoms with Gasteiger partial charge >= 0.3 is 0 Å². The van der Waals surface area contributed by atoms with Gasteiger partial charge in [0.15, 0.2) is 5.82 Å². The number of aromatic nitrogens is 4. The van der Waals surface area contributed by atoms with E-state index in [1.54, 1.807) is 16.6 Å². The van der Waals surface area contributed by atoms with Gasteiger partial charge in [-0.25, -0.2) is 0 Å². The number of nitrogens with zero attached hydrogens (tertiary/aromatic N) is 4. The van der Waals surface area contributed by atoms with Crippen molar-refractivity contribution in [3.63, 3.8) is 0 Å². The van der Waals surface area contributed by atoms with E-state index in [4.69, 9.17) is 23.2 Å². The number of halogens is 2. The Morgan fingerprint density at radius 3 is 2.86 bits per heavy atom. The van der Waals surface area contributed by atoms with E-state index < -0.39 is 0 Å². The minimum Gasteiger partial charge on any atom is -0.345 e. The molecule has 6 nitrogen and oxygen atoms in total. The first-order valence-corrected chi connectivity index (χ1v) is 7.53. The molecule has 0 saturated heterocycles. The molecule has 2 aromatic heterocycles. The fraction of sp³-hybridized carbons (Fsp3) is 0.167. The molecule has 9 heteroatoms. The quantitative estimate of drug-likeness (QED) is 0.794. The second kappa shape index (κ2) is 5.59. The molecule has 0 unspecified atom stereocenters. The van der Waals surface area contributed by atoms with Crippen molar-refractivity contribution in [2.24, 2.45) is 0 Å². The van der Waals surface area contributed by atoms with E-state index >= 15 is 0 Å². The van der Waals surface area contributed by atoms with Crippen molar-refractivity contribution in [3.8, 4) is 0 Å². The van der Waals surface area contributed by atoms with Crippen molar-refractivity contribution >= 4 is 45.4 Å². The fourth-order valence-corrected chi connectivity index (χ4v) is 2.84. The molecule has 0 radical (unpaired) electrons. The van der Waals surface area contributed by atoms with E-state index in [1.165, 1.54) is 17.4 Å². The highest BCUT2D eigenvalue weighted by Crippen LogP contribution is 2.22. The van der Waals surface area contributed by atoms with Crippen LogP contribution in [0.25, 0.3) is 4.96 Å². The van der Waals surface area contributed by atoms with E-state index in [1.807, 2.05) is 6.92 Å². The minimum atomic E-state index is -0.240. The summed E-state index contributed by atoms with van der Waals surface area (Å²) in [6, 6.07) is 4.74. The van der Waals surface area contributed by atoms with Crippen LogP contribution in [0.5, 0.6) is 0 Å². The van der Waals surface area contributed by atoms with Gasteiger partial charge in [0.05, 0.1) is 16.6 Å². The molecule has 2 heterocycles. The highest BCUT2D eigenvalue weighted by Gasteiger charge is 2.11. The summed E-state index contributed by atoms with van der Waals surface area (Å²) < 4.78 is 1.64. The maximum absolute atomic E-state index is 12.0. The molecule has 0 fully saturated rings. The zero-order valence-corrected chi connectivity index (χ0v) is 13.1. The topological polar surface area (TPSA) is 72.2 Å². The summed E-state index contributed by atoms with van der Waals surface area (Å²) in [4.78, 5) is 12.7. The van der Waals surface area contributed by atoms with Gasteiger partial charge in [-0.1, -0.05) is 34.5 Å². The van der Waals surface area contributed by atoms with Gasteiger partial charge < -0.3 is 5.32 Å². The number of hydrogen-bond donors (Lipinski definition) is 1. The number of aryl methyl sites for hydroxylation is 1. The molecule has 1 amide bonds. The van der Waals surface area contributed by atoms with Gasteiger partial charge in [0.1, 0.15) is 5.01 Å². The highest BCUT2D eigenvalue weighted by atomic mass is 35.5. The standard InChI is InChI=1S/C12H9Cl2N5OS/c1-6-16-17-12-19(6)18-10(21-12)5-15-11(20)7-2-3-8(13)9(14)4-7/h2-4H,5H2,1H3,(H,15,20). The molecule has 0 atom stereocenters. The molecule has 1 aromatic carbocycles. The van der Waals surface area contributed by atoms with Crippen molar-refractivity contribution in [1.82, 2.24) is 25.1 Å². The third-order valence-corrected chi connectivity index (χ3v) is 4.41. The Morgan fingerprint density at radius 1 is 1.33 bits per heavy atom. The van der Waals surface area contributed by atoms with Crippen molar-refractivity contribution in [3.05, 3.63) is 44.6 Å². The summed E-state index contributed by atoms with van der Waals surface area (Å²) in [5.41, 5.74) is 0.448. The number of fused-ring (bicyclic) bond motifs is 1. The van der Waals surface area contributed by atoms with E-state index in [0.717, 1.165) is 5.01 Å². The number of hydrogen-bond acceptors (Lipinski definition) is 5. The lowest BCUT2D eigenvalue weighted by molar-refractivity contribution is 0.0951. The molecule has 1 N–H and O–H groups in total. The van der Waals surface area contributed by atoms with Gasteiger partial charge in [-0.05, 0) is 25.1 Å². The number of amides is 1. The highest BCUT2D eigenvalue weighted by molar-refractivity contribution is 7.16. The molecule has 108 valence electrons. The third-order valence-electron chi connectivity index (χ3n) is 2.77. The number of rotatable bonds is 3. The van der Waals surface area contributed by atoms with Crippen LogP contribution in [-0.4, -0.2) is 25.7 Å². The Hall–Kier alpha value is -1.70. The second-order valence-corrected chi connectivity index (χ2v) is 6.10. The lowest BCUT2D eigenvalue weighted by atomic mass is 10.2. The van der Waals surface area contributed by atoms with Crippen molar-refractivity contribution in [1.29, 1.82) is 0 Å². The summed E-state index contributed by atoms with van der Waals surface area (Å²) in [6.45, 7) is 2.13. The SMILES string of the molecule is Cc1nnc2sc(CNC(=O)c3ccc(Cl)c(Cl)c3)nn12. The van der Waals surface area contributed by atoms with E-state index in [-0.39, 0.29) is 5.91 Å². The van der Waals surface area contributed by atoms with Crippen LogP contribution in [0.1, 0.15) is 21.2 Å². The molecule has 0 bridgehead atoms. The molecule has 0 aliphatic heterocycles. The molecule has 0 spiro atoms. The molecular weight excluding hydrogens is 333 g/mol. The van der Waals surface area contributed by atoms with E-state index in [9.17, 15) is 4.79 Å². The van der Waals surface area contributed by atoms with Gasteiger partial charge in [0, 0.05) is 5.56 Å². The van der Waals surface area contributed by atoms with Gasteiger partial charge in [0.25, 0.3) is 5.91 Å². The number of carbonyl (C=O) groups excluding carboxylic acids is 1. The van der Waals surface area contributed by atoms with Crippen LogP contribution < -0.4 is 5.32 Å². The molecule has 21 heavy (non-hydrogen) atoms. The average Bonchev–Trinajstić information content (AvgIpc) is 3.01. The van der Waals surface area contributed by atoms with E-state index in [0.29, 0.717) is 32.9 Å². The van der Waals surface area contributed by atoms with Crippen LogP contribution in [0.2, 0.25) is 10.0 Å². The summed E-state index contributed by atoms with van der Waals surface area (Å²) in [5, 5.41) is 16.5. The predicted octanol–water partition coefficient (Wildman–Crippen LogP) is 2.73. The molecule has 0 aliphatic carbocycles. The summed E-state index contributed by atoms with van der Waals surface area (Å²) >= 11 is 13.1. The lowest BCUT2D eigenvalue weighted by Gasteiger charge is -2.04. The van der Waals surface area contributed by atoms with Crippen LogP contribution in [-0.2, 0) is 6.54 Å². The monoisotopic (exact) mass is 341 g/mol. The molecule has 0 saturated carbocycles. The second-order valence-electron chi connectivity index (χ2n) is 4.25. The van der Waals surface area contributed by atoms with E-state index in [2.05, 4.69) is 20.6 Å². The smallest absolute Gasteiger partial charge is 0.251 e. The summed E-state index contributed by atoms with van der Waals surface area (Å²) in [7, 11) is 0. The minimum absolute atomic E-state index is 0.240. The number of nitrogens with one attached hydrogen (secondary N) is 1. The first-order valence-electron chi connectivity index (χ1n) is 5.95. The Bertz CT molecular complexity index is 828. The van der Waals surface area contributed by atoms with Crippen molar-refractivity contribution < 1.29 is 4.79 Å². The third kappa shape index (κ3) is 2.85. The molecular formula is C12H9Cl2N5OS. The van der Waals surface area contributed by atoms with Gasteiger partial charge in [-0.3, -0.25) is 4.79 Å². The normalized spacial score (nSPS) is 11.0. The van der Waals surface area contributed by atoms with Crippen LogP contribution in [0.15, 0.2) is 18.2 Å². The molecule has 3 aromatic rings. The first-order chi connectivity index (χ1) is 10.0. The number of carbonyl (C=O) groups is 1. The summed E-state index contributed by atoms with van der Waals surface area (Å²) in [5.74, 6) is 0.472. The molecule has 3 rings (SSSR count). The Labute approximate surface area is 133 Å². The Balaban J connectivity index is 1.71. The summed E-state index contributed by atoms with van der Waals surface area (Å²) in [6.07, 6.45) is 0. The van der Waals surface area contributed by atoms with Crippen molar-refractivity contribution in [2.45, 2.75) is 13.5 Å². The largest absolute Gasteiger partial charge is 0.345 e. The Kier molecular flexibility index (Phi) is 3.79. The average molecular weight is 342 g/mol. The Morgan fingerprint density at radius 2 is 2.14 bits per heavy atom. The zero-order valence-electron chi connectivity index (χ0n) is 10.8. The van der Waals surface area contributed by atoms with Gasteiger partial charge in [0.2, 0.25) is 4.96 Å².